The molecule has 0 spiro atoms. The molecule has 1 aliphatic heterocycles. The summed E-state index contributed by atoms with van der Waals surface area (Å²) in [6, 6.07) is 6.15. The summed E-state index contributed by atoms with van der Waals surface area (Å²) >= 11 is 0. The van der Waals surface area contributed by atoms with Gasteiger partial charge in [0.05, 0.1) is 36.0 Å². The van der Waals surface area contributed by atoms with Gasteiger partial charge in [0.2, 0.25) is 0 Å². The quantitative estimate of drug-likeness (QED) is 0.725. The average molecular weight is 349 g/mol. The monoisotopic (exact) mass is 349 g/mol. The highest BCUT2D eigenvalue weighted by Crippen LogP contribution is 2.38. The Morgan fingerprint density at radius 3 is 2.60 bits per heavy atom. The maximum absolute atomic E-state index is 13.6. The van der Waals surface area contributed by atoms with Crippen molar-refractivity contribution in [2.45, 2.75) is 12.7 Å². The van der Waals surface area contributed by atoms with E-state index in [1.807, 2.05) is 0 Å². The Balaban J connectivity index is 1.84. The van der Waals surface area contributed by atoms with Gasteiger partial charge in [-0.15, -0.1) is 0 Å². The Morgan fingerprint density at radius 1 is 1.04 bits per heavy atom. The molecule has 1 saturated heterocycles. The molecule has 25 heavy (non-hydrogen) atoms. The third-order valence-electron chi connectivity index (χ3n) is 4.74. The summed E-state index contributed by atoms with van der Waals surface area (Å²) in [4.78, 5) is 6.34. The van der Waals surface area contributed by atoms with Crippen LogP contribution in [0.2, 0.25) is 0 Å². The van der Waals surface area contributed by atoms with Gasteiger partial charge in [-0.1, -0.05) is 12.1 Å². The number of nitrogens with zero attached hydrogens (tertiary/aromatic N) is 3. The maximum atomic E-state index is 13.6. The molecule has 3 heterocycles. The number of hydrogen-bond acceptors (Lipinski definition) is 3. The van der Waals surface area contributed by atoms with E-state index in [2.05, 4.69) is 9.88 Å². The normalized spacial score (nSPS) is 16.8. The molecule has 0 N–H and O–H groups in total. The molecule has 1 aromatic carbocycles. The molecule has 3 aromatic rings. The summed E-state index contributed by atoms with van der Waals surface area (Å²) in [6.45, 7) is 4.12. The Bertz CT molecular complexity index is 898. The Kier molecular flexibility index (Phi) is 4.13. The van der Waals surface area contributed by atoms with Crippen LogP contribution in [0.15, 0.2) is 36.7 Å². The van der Waals surface area contributed by atoms with Crippen LogP contribution in [0.1, 0.15) is 5.56 Å². The standard InChI is InChI=1S/C18H18F3N3O/c19-18(20,21)15-3-1-2-14-13-4-5-22-12-16(13)24(17(14)15)7-6-23-8-10-25-11-9-23/h1-5,12H,6-11H2. The molecule has 7 heteroatoms. The predicted molar refractivity (Wildman–Crippen MR) is 89.5 cm³/mol. The van der Waals surface area contributed by atoms with Gasteiger partial charge in [-0.2, -0.15) is 13.2 Å². The van der Waals surface area contributed by atoms with Gasteiger partial charge in [0.1, 0.15) is 0 Å². The van der Waals surface area contributed by atoms with Crippen molar-refractivity contribution in [3.8, 4) is 0 Å². The number of aromatic nitrogens is 2. The molecule has 0 bridgehead atoms. The second-order valence-corrected chi connectivity index (χ2v) is 6.20. The highest BCUT2D eigenvalue weighted by molar-refractivity contribution is 6.08. The summed E-state index contributed by atoms with van der Waals surface area (Å²) in [7, 11) is 0. The van der Waals surface area contributed by atoms with Gasteiger partial charge in [0, 0.05) is 43.1 Å². The van der Waals surface area contributed by atoms with E-state index >= 15 is 0 Å². The van der Waals surface area contributed by atoms with Gasteiger partial charge in [-0.05, 0) is 12.1 Å². The van der Waals surface area contributed by atoms with Crippen molar-refractivity contribution in [1.82, 2.24) is 14.5 Å². The van der Waals surface area contributed by atoms with E-state index in [9.17, 15) is 13.2 Å². The van der Waals surface area contributed by atoms with Crippen LogP contribution in [-0.4, -0.2) is 47.3 Å². The van der Waals surface area contributed by atoms with Crippen molar-refractivity contribution >= 4 is 21.8 Å². The summed E-state index contributed by atoms with van der Waals surface area (Å²) in [5.41, 5.74) is 0.386. The molecule has 4 nitrogen and oxygen atoms in total. The lowest BCUT2D eigenvalue weighted by molar-refractivity contribution is -0.136. The smallest absolute Gasteiger partial charge is 0.379 e. The fraction of sp³-hybridized carbons (Fsp3) is 0.389. The molecule has 0 unspecified atom stereocenters. The van der Waals surface area contributed by atoms with Crippen molar-refractivity contribution < 1.29 is 17.9 Å². The number of rotatable bonds is 3. The Labute approximate surface area is 142 Å². The van der Waals surface area contributed by atoms with Crippen LogP contribution in [0.3, 0.4) is 0 Å². The number of alkyl halides is 3. The average Bonchev–Trinajstić information content (AvgIpc) is 2.94. The number of ether oxygens (including phenoxy) is 1. The summed E-state index contributed by atoms with van der Waals surface area (Å²) in [5.74, 6) is 0. The number of benzene rings is 1. The van der Waals surface area contributed by atoms with E-state index in [4.69, 9.17) is 4.74 Å². The first-order valence-electron chi connectivity index (χ1n) is 8.28. The SMILES string of the molecule is FC(F)(F)c1cccc2c3ccncc3n(CCN3CCOCC3)c12. The molecule has 2 aromatic heterocycles. The van der Waals surface area contributed by atoms with Crippen LogP contribution in [0.25, 0.3) is 21.8 Å². The Morgan fingerprint density at radius 2 is 1.84 bits per heavy atom. The first-order valence-corrected chi connectivity index (χ1v) is 8.28. The molecule has 1 fully saturated rings. The van der Waals surface area contributed by atoms with E-state index in [0.717, 1.165) is 30.1 Å². The van der Waals surface area contributed by atoms with Crippen LogP contribution in [-0.2, 0) is 17.5 Å². The molecule has 0 atom stereocenters. The lowest BCUT2D eigenvalue weighted by Crippen LogP contribution is -2.38. The second kappa shape index (κ2) is 6.31. The topological polar surface area (TPSA) is 30.3 Å². The van der Waals surface area contributed by atoms with Gasteiger partial charge in [-0.3, -0.25) is 9.88 Å². The number of halogens is 3. The molecule has 0 amide bonds. The van der Waals surface area contributed by atoms with E-state index in [0.29, 0.717) is 31.7 Å². The van der Waals surface area contributed by atoms with Gasteiger partial charge < -0.3 is 9.30 Å². The predicted octanol–water partition coefficient (Wildman–Crippen LogP) is 3.54. The summed E-state index contributed by atoms with van der Waals surface area (Å²) in [6.07, 6.45) is -1.12. The second-order valence-electron chi connectivity index (χ2n) is 6.20. The zero-order valence-corrected chi connectivity index (χ0v) is 13.6. The minimum atomic E-state index is -4.39. The van der Waals surface area contributed by atoms with Gasteiger partial charge >= 0.3 is 6.18 Å². The molecular formula is C18H18F3N3O. The third-order valence-corrected chi connectivity index (χ3v) is 4.74. The Hall–Kier alpha value is -2.12. The van der Waals surface area contributed by atoms with E-state index in [1.165, 1.54) is 6.07 Å². The van der Waals surface area contributed by atoms with E-state index < -0.39 is 11.7 Å². The van der Waals surface area contributed by atoms with Crippen molar-refractivity contribution in [2.24, 2.45) is 0 Å². The third kappa shape index (κ3) is 2.98. The van der Waals surface area contributed by atoms with Gasteiger partial charge in [0.25, 0.3) is 0 Å². The molecule has 132 valence electrons. The first kappa shape index (κ1) is 16.4. The zero-order valence-electron chi connectivity index (χ0n) is 13.6. The molecule has 0 saturated carbocycles. The van der Waals surface area contributed by atoms with Crippen molar-refractivity contribution in [3.63, 3.8) is 0 Å². The molecule has 0 radical (unpaired) electrons. The fourth-order valence-electron chi connectivity index (χ4n) is 3.53. The molecule has 4 rings (SSSR count). The summed E-state index contributed by atoms with van der Waals surface area (Å²) in [5, 5.41) is 1.42. The largest absolute Gasteiger partial charge is 0.418 e. The minimum absolute atomic E-state index is 0.242. The summed E-state index contributed by atoms with van der Waals surface area (Å²) < 4.78 is 47.8. The number of morpholine rings is 1. The van der Waals surface area contributed by atoms with Gasteiger partial charge in [0.15, 0.2) is 0 Å². The number of para-hydroxylation sites is 1. The van der Waals surface area contributed by atoms with Crippen LogP contribution >= 0.6 is 0 Å². The zero-order chi connectivity index (χ0) is 17.4. The lowest BCUT2D eigenvalue weighted by atomic mass is 10.1. The fourth-order valence-corrected chi connectivity index (χ4v) is 3.53. The van der Waals surface area contributed by atoms with Crippen LogP contribution < -0.4 is 0 Å². The van der Waals surface area contributed by atoms with Crippen LogP contribution in [0.5, 0.6) is 0 Å². The van der Waals surface area contributed by atoms with Crippen LogP contribution in [0, 0.1) is 0 Å². The molecule has 0 aliphatic carbocycles. The van der Waals surface area contributed by atoms with E-state index in [1.54, 1.807) is 29.1 Å². The van der Waals surface area contributed by atoms with Crippen LogP contribution in [0.4, 0.5) is 13.2 Å². The minimum Gasteiger partial charge on any atom is -0.379 e. The number of hydrogen-bond donors (Lipinski definition) is 0. The number of fused-ring (bicyclic) bond motifs is 3. The van der Waals surface area contributed by atoms with Crippen molar-refractivity contribution in [1.29, 1.82) is 0 Å². The maximum Gasteiger partial charge on any atom is 0.418 e. The molecular weight excluding hydrogens is 331 g/mol. The highest BCUT2D eigenvalue weighted by Gasteiger charge is 2.34. The van der Waals surface area contributed by atoms with Gasteiger partial charge in [-0.25, -0.2) is 0 Å². The number of pyridine rings is 1. The van der Waals surface area contributed by atoms with Crippen molar-refractivity contribution in [3.05, 3.63) is 42.2 Å². The lowest BCUT2D eigenvalue weighted by Gasteiger charge is -2.27. The first-order chi connectivity index (χ1) is 12.1. The van der Waals surface area contributed by atoms with Crippen molar-refractivity contribution in [2.75, 3.05) is 32.8 Å². The highest BCUT2D eigenvalue weighted by atomic mass is 19.4. The molecule has 1 aliphatic rings. The van der Waals surface area contributed by atoms with E-state index in [-0.39, 0.29) is 5.52 Å².